The Hall–Kier alpha value is -2.40. The molecule has 1 saturated heterocycles. The lowest BCUT2D eigenvalue weighted by atomic mass is 10.1. The Morgan fingerprint density at radius 3 is 2.92 bits per heavy atom. The van der Waals surface area contributed by atoms with Gasteiger partial charge in [-0.1, -0.05) is 25.1 Å². The molecule has 1 fully saturated rings. The van der Waals surface area contributed by atoms with Crippen LogP contribution in [0, 0.1) is 0 Å². The number of para-hydroxylation sites is 1. The molecule has 5 nitrogen and oxygen atoms in total. The number of hydrogen-bond acceptors (Lipinski definition) is 4. The molecule has 0 aliphatic carbocycles. The van der Waals surface area contributed by atoms with Crippen LogP contribution in [0.15, 0.2) is 42.6 Å². The maximum atomic E-state index is 5.51. The van der Waals surface area contributed by atoms with Crippen molar-refractivity contribution in [1.82, 2.24) is 19.4 Å². The first kappa shape index (κ1) is 17.0. The van der Waals surface area contributed by atoms with Crippen molar-refractivity contribution in [1.29, 1.82) is 0 Å². The van der Waals surface area contributed by atoms with Gasteiger partial charge in [0.05, 0.1) is 7.11 Å². The summed E-state index contributed by atoms with van der Waals surface area (Å²) in [5, 5.41) is 0. The highest BCUT2D eigenvalue weighted by Gasteiger charge is 2.29. The van der Waals surface area contributed by atoms with Crippen LogP contribution in [0.2, 0.25) is 0 Å². The molecule has 1 aliphatic heterocycles. The molecule has 0 radical (unpaired) electrons. The fourth-order valence-electron chi connectivity index (χ4n) is 3.99. The summed E-state index contributed by atoms with van der Waals surface area (Å²) in [6, 6.07) is 12.3. The Morgan fingerprint density at radius 1 is 1.19 bits per heavy atom. The minimum absolute atomic E-state index is 0.463. The highest BCUT2D eigenvalue weighted by atomic mass is 16.5. The number of imidazole rings is 1. The van der Waals surface area contributed by atoms with Crippen molar-refractivity contribution in [2.45, 2.75) is 38.8 Å². The van der Waals surface area contributed by atoms with Gasteiger partial charge in [-0.25, -0.2) is 9.97 Å². The molecule has 26 heavy (non-hydrogen) atoms. The van der Waals surface area contributed by atoms with E-state index in [0.29, 0.717) is 5.92 Å². The SMILES string of the molecule is CCCn1c([C@H]2CCN(Cc3ccccc3OC)C2)nc2cccnc21. The van der Waals surface area contributed by atoms with E-state index in [-0.39, 0.29) is 0 Å². The molecule has 1 aromatic carbocycles. The maximum absolute atomic E-state index is 5.51. The minimum Gasteiger partial charge on any atom is -0.496 e. The quantitative estimate of drug-likeness (QED) is 0.677. The largest absolute Gasteiger partial charge is 0.496 e. The number of nitrogens with zero attached hydrogens (tertiary/aromatic N) is 4. The zero-order valence-electron chi connectivity index (χ0n) is 15.6. The number of methoxy groups -OCH3 is 1. The summed E-state index contributed by atoms with van der Waals surface area (Å²) in [6.45, 7) is 6.23. The number of aryl methyl sites for hydroxylation is 1. The van der Waals surface area contributed by atoms with Gasteiger partial charge in [-0.2, -0.15) is 0 Å². The summed E-state index contributed by atoms with van der Waals surface area (Å²) in [5.41, 5.74) is 3.28. The van der Waals surface area contributed by atoms with E-state index < -0.39 is 0 Å². The number of aromatic nitrogens is 3. The van der Waals surface area contributed by atoms with Crippen molar-refractivity contribution in [2.24, 2.45) is 0 Å². The molecule has 0 saturated carbocycles. The van der Waals surface area contributed by atoms with E-state index in [0.717, 1.165) is 55.9 Å². The standard InChI is InChI=1S/C21H26N4O/c1-3-12-25-20(23-18-8-6-11-22-21(18)25)17-10-13-24(15-17)14-16-7-4-5-9-19(16)26-2/h4-9,11,17H,3,10,12-15H2,1-2H3/t17-/m0/s1. The summed E-state index contributed by atoms with van der Waals surface area (Å²) < 4.78 is 7.83. The van der Waals surface area contributed by atoms with Crippen LogP contribution in [0.1, 0.15) is 37.1 Å². The van der Waals surface area contributed by atoms with Crippen molar-refractivity contribution in [3.8, 4) is 5.75 Å². The van der Waals surface area contributed by atoms with Gasteiger partial charge in [0.2, 0.25) is 0 Å². The minimum atomic E-state index is 0.463. The van der Waals surface area contributed by atoms with Gasteiger partial charge < -0.3 is 9.30 Å². The fourth-order valence-corrected chi connectivity index (χ4v) is 3.99. The van der Waals surface area contributed by atoms with E-state index in [4.69, 9.17) is 9.72 Å². The van der Waals surface area contributed by atoms with Crippen molar-refractivity contribution < 1.29 is 4.74 Å². The van der Waals surface area contributed by atoms with Gasteiger partial charge >= 0.3 is 0 Å². The van der Waals surface area contributed by atoms with Gasteiger partial charge in [0.1, 0.15) is 17.1 Å². The van der Waals surface area contributed by atoms with Gasteiger partial charge in [-0.3, -0.25) is 4.90 Å². The molecule has 0 bridgehead atoms. The monoisotopic (exact) mass is 350 g/mol. The van der Waals surface area contributed by atoms with Crippen molar-refractivity contribution in [3.05, 3.63) is 54.0 Å². The van der Waals surface area contributed by atoms with Crippen LogP contribution in [0.5, 0.6) is 5.75 Å². The smallest absolute Gasteiger partial charge is 0.159 e. The van der Waals surface area contributed by atoms with Crippen LogP contribution in [0.3, 0.4) is 0 Å². The van der Waals surface area contributed by atoms with Crippen LogP contribution in [-0.2, 0) is 13.1 Å². The summed E-state index contributed by atoms with van der Waals surface area (Å²) in [5.74, 6) is 2.63. The maximum Gasteiger partial charge on any atom is 0.159 e. The molecule has 5 heteroatoms. The summed E-state index contributed by atoms with van der Waals surface area (Å²) in [6.07, 6.45) is 4.09. The molecular formula is C21H26N4O. The number of ether oxygens (including phenoxy) is 1. The topological polar surface area (TPSA) is 43.2 Å². The lowest BCUT2D eigenvalue weighted by Gasteiger charge is -2.18. The molecule has 4 rings (SSSR count). The molecule has 0 amide bonds. The molecule has 3 heterocycles. The Balaban J connectivity index is 1.55. The lowest BCUT2D eigenvalue weighted by molar-refractivity contribution is 0.315. The predicted octanol–water partition coefficient (Wildman–Crippen LogP) is 3.84. The zero-order chi connectivity index (χ0) is 17.9. The Labute approximate surface area is 154 Å². The second kappa shape index (κ2) is 7.46. The van der Waals surface area contributed by atoms with E-state index in [1.165, 1.54) is 11.4 Å². The average molecular weight is 350 g/mol. The number of pyridine rings is 1. The summed E-state index contributed by atoms with van der Waals surface area (Å²) in [7, 11) is 1.74. The molecule has 1 atom stereocenters. The molecule has 136 valence electrons. The van der Waals surface area contributed by atoms with Crippen LogP contribution in [0.4, 0.5) is 0 Å². The number of benzene rings is 1. The van der Waals surface area contributed by atoms with Crippen LogP contribution >= 0.6 is 0 Å². The fraction of sp³-hybridized carbons (Fsp3) is 0.429. The first-order valence-corrected chi connectivity index (χ1v) is 9.45. The van der Waals surface area contributed by atoms with E-state index in [1.54, 1.807) is 7.11 Å². The van der Waals surface area contributed by atoms with Crippen LogP contribution in [-0.4, -0.2) is 39.6 Å². The van der Waals surface area contributed by atoms with Crippen molar-refractivity contribution in [3.63, 3.8) is 0 Å². The normalized spacial score (nSPS) is 17.8. The summed E-state index contributed by atoms with van der Waals surface area (Å²) in [4.78, 5) is 12.0. The average Bonchev–Trinajstić information content (AvgIpc) is 3.27. The van der Waals surface area contributed by atoms with E-state index >= 15 is 0 Å². The molecule has 0 unspecified atom stereocenters. The van der Waals surface area contributed by atoms with E-state index in [9.17, 15) is 0 Å². The third-order valence-corrected chi connectivity index (χ3v) is 5.20. The Kier molecular flexibility index (Phi) is 4.89. The number of fused-ring (bicyclic) bond motifs is 1. The zero-order valence-corrected chi connectivity index (χ0v) is 15.6. The highest BCUT2D eigenvalue weighted by molar-refractivity contribution is 5.71. The van der Waals surface area contributed by atoms with Gasteiger partial charge in [-0.15, -0.1) is 0 Å². The Bertz CT molecular complexity index is 889. The van der Waals surface area contributed by atoms with E-state index in [2.05, 4.69) is 39.6 Å². The second-order valence-corrected chi connectivity index (χ2v) is 7.00. The van der Waals surface area contributed by atoms with Gasteiger partial charge in [0.15, 0.2) is 5.65 Å². The highest BCUT2D eigenvalue weighted by Crippen LogP contribution is 2.31. The number of rotatable bonds is 6. The molecule has 1 aliphatic rings. The third-order valence-electron chi connectivity index (χ3n) is 5.20. The summed E-state index contributed by atoms with van der Waals surface area (Å²) >= 11 is 0. The molecule has 0 spiro atoms. The van der Waals surface area contributed by atoms with Gasteiger partial charge in [0, 0.05) is 37.3 Å². The predicted molar refractivity (Wildman–Crippen MR) is 103 cm³/mol. The molecular weight excluding hydrogens is 324 g/mol. The van der Waals surface area contributed by atoms with Crippen LogP contribution < -0.4 is 4.74 Å². The first-order valence-electron chi connectivity index (χ1n) is 9.45. The van der Waals surface area contributed by atoms with Gasteiger partial charge in [0.25, 0.3) is 0 Å². The van der Waals surface area contributed by atoms with Crippen molar-refractivity contribution >= 4 is 11.2 Å². The Morgan fingerprint density at radius 2 is 2.08 bits per heavy atom. The number of likely N-dealkylation sites (tertiary alicyclic amines) is 1. The lowest BCUT2D eigenvalue weighted by Crippen LogP contribution is -2.21. The molecule has 3 aromatic rings. The third kappa shape index (κ3) is 3.19. The molecule has 2 aromatic heterocycles. The van der Waals surface area contributed by atoms with E-state index in [1.807, 2.05) is 24.4 Å². The second-order valence-electron chi connectivity index (χ2n) is 7.00. The van der Waals surface area contributed by atoms with Crippen molar-refractivity contribution in [2.75, 3.05) is 20.2 Å². The van der Waals surface area contributed by atoms with Gasteiger partial charge in [-0.05, 0) is 37.6 Å². The number of hydrogen-bond donors (Lipinski definition) is 0. The van der Waals surface area contributed by atoms with Crippen LogP contribution in [0.25, 0.3) is 11.2 Å². The molecule has 0 N–H and O–H groups in total. The first-order chi connectivity index (χ1) is 12.8.